The highest BCUT2D eigenvalue weighted by molar-refractivity contribution is 7.98. The maximum Gasteiger partial charge on any atom is 0.118 e. The molecule has 13 heavy (non-hydrogen) atoms. The van der Waals surface area contributed by atoms with Crippen LogP contribution in [0.15, 0.2) is 35.5 Å². The van der Waals surface area contributed by atoms with E-state index in [9.17, 15) is 0 Å². The molecule has 0 bridgehead atoms. The summed E-state index contributed by atoms with van der Waals surface area (Å²) in [6.07, 6.45) is 3.77. The van der Waals surface area contributed by atoms with Crippen LogP contribution in [0.1, 0.15) is 0 Å². The lowest BCUT2D eigenvalue weighted by Crippen LogP contribution is -1.80. The van der Waals surface area contributed by atoms with Crippen LogP contribution in [-0.2, 0) is 0 Å². The number of aromatic amines is 1. The van der Waals surface area contributed by atoms with Crippen molar-refractivity contribution in [1.29, 1.82) is 0 Å². The van der Waals surface area contributed by atoms with Crippen molar-refractivity contribution in [3.05, 3.63) is 30.5 Å². The molecule has 0 aromatic carbocycles. The van der Waals surface area contributed by atoms with E-state index in [1.54, 1.807) is 18.0 Å². The lowest BCUT2D eigenvalue weighted by Gasteiger charge is -1.92. The first-order valence-corrected chi connectivity index (χ1v) is 5.13. The molecule has 0 spiro atoms. The van der Waals surface area contributed by atoms with E-state index in [0.29, 0.717) is 0 Å². The number of H-pyrrole nitrogens is 1. The number of hydrogen-bond donors (Lipinski definition) is 1. The monoisotopic (exact) mass is 191 g/mol. The molecule has 4 heteroatoms. The Hall–Kier alpha value is -1.29. The van der Waals surface area contributed by atoms with Crippen LogP contribution in [-0.4, -0.2) is 21.4 Å². The standard InChI is InChI=1S/C9H9N3S/c1-13-9-6-8(11-12-9)7-4-2-3-5-10-7/h2-6H,1H3,(H,11,12). The van der Waals surface area contributed by atoms with Crippen LogP contribution in [0.2, 0.25) is 0 Å². The number of nitrogens with zero attached hydrogens (tertiary/aromatic N) is 2. The van der Waals surface area contributed by atoms with Crippen molar-refractivity contribution in [3.8, 4) is 11.4 Å². The maximum absolute atomic E-state index is 4.22. The number of rotatable bonds is 2. The Kier molecular flexibility index (Phi) is 2.31. The fourth-order valence-electron chi connectivity index (χ4n) is 1.06. The van der Waals surface area contributed by atoms with Gasteiger partial charge in [0.2, 0.25) is 0 Å². The second-order valence-electron chi connectivity index (χ2n) is 2.54. The van der Waals surface area contributed by atoms with Gasteiger partial charge in [0.1, 0.15) is 5.03 Å². The zero-order chi connectivity index (χ0) is 9.10. The SMILES string of the molecule is CSc1cc(-c2ccccn2)[nH]n1. The van der Waals surface area contributed by atoms with Crippen LogP contribution in [0, 0.1) is 0 Å². The Balaban J connectivity index is 2.36. The van der Waals surface area contributed by atoms with E-state index in [-0.39, 0.29) is 0 Å². The molecular formula is C9H9N3S. The molecule has 0 unspecified atom stereocenters. The van der Waals surface area contributed by atoms with Crippen LogP contribution in [0.5, 0.6) is 0 Å². The minimum Gasteiger partial charge on any atom is -0.275 e. The molecule has 3 nitrogen and oxygen atoms in total. The zero-order valence-corrected chi connectivity index (χ0v) is 8.01. The lowest BCUT2D eigenvalue weighted by molar-refractivity contribution is 1.00. The summed E-state index contributed by atoms with van der Waals surface area (Å²) < 4.78 is 0. The van der Waals surface area contributed by atoms with Crippen LogP contribution in [0.3, 0.4) is 0 Å². The number of nitrogens with one attached hydrogen (secondary N) is 1. The van der Waals surface area contributed by atoms with Gasteiger partial charge in [0, 0.05) is 6.20 Å². The van der Waals surface area contributed by atoms with Crippen molar-refractivity contribution in [1.82, 2.24) is 15.2 Å². The highest BCUT2D eigenvalue weighted by Crippen LogP contribution is 2.18. The average Bonchev–Trinajstić information content (AvgIpc) is 2.67. The number of aromatic nitrogens is 3. The first-order chi connectivity index (χ1) is 6.40. The van der Waals surface area contributed by atoms with E-state index >= 15 is 0 Å². The molecule has 2 heterocycles. The van der Waals surface area contributed by atoms with Gasteiger partial charge in [-0.15, -0.1) is 11.8 Å². The summed E-state index contributed by atoms with van der Waals surface area (Å²) in [6.45, 7) is 0. The first-order valence-electron chi connectivity index (χ1n) is 3.91. The Bertz CT molecular complexity index is 383. The van der Waals surface area contributed by atoms with Gasteiger partial charge >= 0.3 is 0 Å². The largest absolute Gasteiger partial charge is 0.275 e. The van der Waals surface area contributed by atoms with Gasteiger partial charge in [0.05, 0.1) is 11.4 Å². The maximum atomic E-state index is 4.22. The minimum absolute atomic E-state index is 0.926. The van der Waals surface area contributed by atoms with Crippen molar-refractivity contribution < 1.29 is 0 Å². The van der Waals surface area contributed by atoms with Gasteiger partial charge < -0.3 is 0 Å². The molecule has 0 aliphatic carbocycles. The molecule has 0 atom stereocenters. The fourth-order valence-corrected chi connectivity index (χ4v) is 1.43. The predicted octanol–water partition coefficient (Wildman–Crippen LogP) is 2.19. The quantitative estimate of drug-likeness (QED) is 0.740. The Morgan fingerprint density at radius 1 is 1.38 bits per heavy atom. The molecule has 0 radical (unpaired) electrons. The van der Waals surface area contributed by atoms with Crippen LogP contribution >= 0.6 is 11.8 Å². The molecule has 0 aliphatic heterocycles. The van der Waals surface area contributed by atoms with Crippen molar-refractivity contribution in [3.63, 3.8) is 0 Å². The minimum atomic E-state index is 0.926. The normalized spacial score (nSPS) is 10.2. The van der Waals surface area contributed by atoms with Gasteiger partial charge in [-0.3, -0.25) is 10.1 Å². The summed E-state index contributed by atoms with van der Waals surface area (Å²) in [4.78, 5) is 4.22. The Morgan fingerprint density at radius 2 is 2.31 bits per heavy atom. The molecule has 0 saturated heterocycles. The fraction of sp³-hybridized carbons (Fsp3) is 0.111. The number of thioether (sulfide) groups is 1. The predicted molar refractivity (Wildman–Crippen MR) is 53.6 cm³/mol. The van der Waals surface area contributed by atoms with Gasteiger partial charge in [-0.05, 0) is 24.5 Å². The van der Waals surface area contributed by atoms with E-state index < -0.39 is 0 Å². The molecule has 2 aromatic rings. The van der Waals surface area contributed by atoms with Gasteiger partial charge in [-0.1, -0.05) is 6.07 Å². The third kappa shape index (κ3) is 1.72. The first kappa shape index (κ1) is 8.31. The summed E-state index contributed by atoms with van der Waals surface area (Å²) in [5, 5.41) is 8.04. The molecule has 0 aliphatic rings. The summed E-state index contributed by atoms with van der Waals surface area (Å²) >= 11 is 1.61. The molecule has 66 valence electrons. The van der Waals surface area contributed by atoms with E-state index in [0.717, 1.165) is 16.4 Å². The third-order valence-corrected chi connectivity index (χ3v) is 2.33. The molecular weight excluding hydrogens is 182 g/mol. The molecule has 0 saturated carbocycles. The summed E-state index contributed by atoms with van der Waals surface area (Å²) in [7, 11) is 0. The average molecular weight is 191 g/mol. The highest BCUT2D eigenvalue weighted by Gasteiger charge is 2.01. The van der Waals surface area contributed by atoms with Crippen molar-refractivity contribution in [2.75, 3.05) is 6.26 Å². The second kappa shape index (κ2) is 3.62. The van der Waals surface area contributed by atoms with Crippen LogP contribution < -0.4 is 0 Å². The van der Waals surface area contributed by atoms with Gasteiger partial charge in [0.25, 0.3) is 0 Å². The lowest BCUT2D eigenvalue weighted by atomic mass is 10.3. The van der Waals surface area contributed by atoms with Gasteiger partial charge in [-0.2, -0.15) is 5.10 Å². The van der Waals surface area contributed by atoms with Crippen LogP contribution in [0.4, 0.5) is 0 Å². The molecule has 1 N–H and O–H groups in total. The second-order valence-corrected chi connectivity index (χ2v) is 3.37. The van der Waals surface area contributed by atoms with E-state index in [4.69, 9.17) is 0 Å². The summed E-state index contributed by atoms with van der Waals surface area (Å²) in [5.74, 6) is 0. The van der Waals surface area contributed by atoms with E-state index in [1.807, 2.05) is 30.5 Å². The van der Waals surface area contributed by atoms with Crippen molar-refractivity contribution in [2.24, 2.45) is 0 Å². The van der Waals surface area contributed by atoms with Crippen LogP contribution in [0.25, 0.3) is 11.4 Å². The van der Waals surface area contributed by atoms with Crippen molar-refractivity contribution >= 4 is 11.8 Å². The third-order valence-electron chi connectivity index (χ3n) is 1.70. The van der Waals surface area contributed by atoms with E-state index in [2.05, 4.69) is 15.2 Å². The van der Waals surface area contributed by atoms with Gasteiger partial charge in [-0.25, -0.2) is 0 Å². The molecule has 0 fully saturated rings. The van der Waals surface area contributed by atoms with Crippen molar-refractivity contribution in [2.45, 2.75) is 5.03 Å². The number of pyridine rings is 1. The topological polar surface area (TPSA) is 41.6 Å². The molecule has 0 amide bonds. The summed E-state index contributed by atoms with van der Waals surface area (Å²) in [6, 6.07) is 7.81. The Morgan fingerprint density at radius 3 is 2.92 bits per heavy atom. The van der Waals surface area contributed by atoms with E-state index in [1.165, 1.54) is 0 Å². The van der Waals surface area contributed by atoms with Gasteiger partial charge in [0.15, 0.2) is 0 Å². The zero-order valence-electron chi connectivity index (χ0n) is 7.19. The smallest absolute Gasteiger partial charge is 0.118 e. The number of hydrogen-bond acceptors (Lipinski definition) is 3. The molecule has 2 aromatic heterocycles. The highest BCUT2D eigenvalue weighted by atomic mass is 32.2. The summed E-state index contributed by atoms with van der Waals surface area (Å²) in [5.41, 5.74) is 1.89. The molecule has 2 rings (SSSR count). The Labute approximate surface area is 80.6 Å².